The van der Waals surface area contributed by atoms with Crippen molar-refractivity contribution in [1.29, 1.82) is 0 Å². The van der Waals surface area contributed by atoms with E-state index in [1.165, 1.54) is 4.88 Å². The van der Waals surface area contributed by atoms with E-state index in [4.69, 9.17) is 9.66 Å². The van der Waals surface area contributed by atoms with Crippen LogP contribution >= 0.6 is 11.3 Å². The zero-order valence-electron chi connectivity index (χ0n) is 7.17. The van der Waals surface area contributed by atoms with E-state index in [0.29, 0.717) is 6.26 Å². The molecular weight excluding hydrogens is 212 g/mol. The van der Waals surface area contributed by atoms with Crippen LogP contribution in [0.4, 0.5) is 0 Å². The van der Waals surface area contributed by atoms with Crippen molar-refractivity contribution in [1.82, 2.24) is 0 Å². The van der Waals surface area contributed by atoms with Gasteiger partial charge in [-0.3, -0.25) is 4.55 Å². The SMILES string of the molecule is CS(=O)(=O)O.OCCc1cccs1. The van der Waals surface area contributed by atoms with Crippen LogP contribution in [0.2, 0.25) is 0 Å². The fraction of sp³-hybridized carbons (Fsp3) is 0.429. The number of rotatable bonds is 2. The molecule has 76 valence electrons. The lowest BCUT2D eigenvalue weighted by molar-refractivity contribution is 0.300. The molecule has 0 amide bonds. The maximum Gasteiger partial charge on any atom is 0.261 e. The maximum atomic E-state index is 9.19. The fourth-order valence-electron chi connectivity index (χ4n) is 0.565. The summed E-state index contributed by atoms with van der Waals surface area (Å²) in [5.74, 6) is 0. The summed E-state index contributed by atoms with van der Waals surface area (Å²) in [5, 5.41) is 10.5. The summed E-state index contributed by atoms with van der Waals surface area (Å²) in [6.45, 7) is 0.264. The average molecular weight is 224 g/mol. The molecule has 0 aromatic carbocycles. The zero-order chi connectivity index (χ0) is 10.3. The summed E-state index contributed by atoms with van der Waals surface area (Å²) in [6.07, 6.45) is 1.52. The van der Waals surface area contributed by atoms with Crippen molar-refractivity contribution in [2.24, 2.45) is 0 Å². The molecule has 1 aromatic heterocycles. The van der Waals surface area contributed by atoms with Gasteiger partial charge in [-0.25, -0.2) is 0 Å². The Morgan fingerprint density at radius 1 is 1.54 bits per heavy atom. The molecule has 13 heavy (non-hydrogen) atoms. The fourth-order valence-corrected chi connectivity index (χ4v) is 1.26. The van der Waals surface area contributed by atoms with Gasteiger partial charge in [0.05, 0.1) is 6.26 Å². The highest BCUT2D eigenvalue weighted by Crippen LogP contribution is 2.07. The van der Waals surface area contributed by atoms with E-state index >= 15 is 0 Å². The van der Waals surface area contributed by atoms with Gasteiger partial charge in [0.25, 0.3) is 10.1 Å². The monoisotopic (exact) mass is 224 g/mol. The van der Waals surface area contributed by atoms with Crippen molar-refractivity contribution in [2.75, 3.05) is 12.9 Å². The minimum absolute atomic E-state index is 0.264. The largest absolute Gasteiger partial charge is 0.396 e. The lowest BCUT2D eigenvalue weighted by Gasteiger charge is -1.85. The third-order valence-electron chi connectivity index (χ3n) is 0.938. The lowest BCUT2D eigenvalue weighted by Crippen LogP contribution is -1.88. The van der Waals surface area contributed by atoms with Crippen LogP contribution in [0.25, 0.3) is 0 Å². The Morgan fingerprint density at radius 2 is 2.08 bits per heavy atom. The Morgan fingerprint density at radius 3 is 2.38 bits per heavy atom. The van der Waals surface area contributed by atoms with Crippen molar-refractivity contribution < 1.29 is 18.1 Å². The normalized spacial score (nSPS) is 10.4. The zero-order valence-corrected chi connectivity index (χ0v) is 8.81. The Balaban J connectivity index is 0.000000252. The highest BCUT2D eigenvalue weighted by molar-refractivity contribution is 7.85. The molecule has 2 N–H and O–H groups in total. The first-order chi connectivity index (χ1) is 5.93. The Labute approximate surface area is 81.6 Å². The van der Waals surface area contributed by atoms with Crippen LogP contribution in [-0.4, -0.2) is 30.9 Å². The van der Waals surface area contributed by atoms with Crippen LogP contribution < -0.4 is 0 Å². The summed E-state index contributed by atoms with van der Waals surface area (Å²) < 4.78 is 25.9. The summed E-state index contributed by atoms with van der Waals surface area (Å²) in [5.41, 5.74) is 0. The summed E-state index contributed by atoms with van der Waals surface area (Å²) in [4.78, 5) is 1.26. The van der Waals surface area contributed by atoms with Gasteiger partial charge in [0.2, 0.25) is 0 Å². The number of aliphatic hydroxyl groups excluding tert-OH is 1. The van der Waals surface area contributed by atoms with Crippen LogP contribution in [0, 0.1) is 0 Å². The van der Waals surface area contributed by atoms with E-state index in [2.05, 4.69) is 0 Å². The molecule has 4 nitrogen and oxygen atoms in total. The van der Waals surface area contributed by atoms with Crippen LogP contribution in [-0.2, 0) is 16.5 Å². The van der Waals surface area contributed by atoms with Gasteiger partial charge in [0.1, 0.15) is 0 Å². The molecule has 0 bridgehead atoms. The second kappa shape index (κ2) is 6.09. The molecule has 0 spiro atoms. The minimum atomic E-state index is -3.67. The lowest BCUT2D eigenvalue weighted by atomic mass is 10.4. The van der Waals surface area contributed by atoms with E-state index in [1.807, 2.05) is 17.5 Å². The van der Waals surface area contributed by atoms with E-state index < -0.39 is 10.1 Å². The predicted octanol–water partition coefficient (Wildman–Crippen LogP) is 0.787. The van der Waals surface area contributed by atoms with Crippen molar-refractivity contribution in [3.8, 4) is 0 Å². The van der Waals surface area contributed by atoms with E-state index in [9.17, 15) is 8.42 Å². The molecule has 0 fully saturated rings. The third kappa shape index (κ3) is 11.6. The maximum absolute atomic E-state index is 9.19. The van der Waals surface area contributed by atoms with Crippen LogP contribution in [0.5, 0.6) is 0 Å². The van der Waals surface area contributed by atoms with Crippen molar-refractivity contribution >= 4 is 21.5 Å². The van der Waals surface area contributed by atoms with Crippen molar-refractivity contribution in [2.45, 2.75) is 6.42 Å². The second-order valence-corrected chi connectivity index (χ2v) is 4.78. The van der Waals surface area contributed by atoms with Gasteiger partial charge in [-0.15, -0.1) is 11.3 Å². The first kappa shape index (κ1) is 12.6. The molecule has 0 aliphatic heterocycles. The van der Waals surface area contributed by atoms with Crippen LogP contribution in [0.1, 0.15) is 4.88 Å². The number of hydrogen-bond acceptors (Lipinski definition) is 4. The minimum Gasteiger partial charge on any atom is -0.396 e. The highest BCUT2D eigenvalue weighted by Gasteiger charge is 1.87. The molecular formula is C7H12O4S2. The highest BCUT2D eigenvalue weighted by atomic mass is 32.2. The van der Waals surface area contributed by atoms with Gasteiger partial charge >= 0.3 is 0 Å². The first-order valence-electron chi connectivity index (χ1n) is 3.49. The molecule has 0 unspecified atom stereocenters. The van der Waals surface area contributed by atoms with E-state index in [-0.39, 0.29) is 6.61 Å². The molecule has 0 radical (unpaired) electrons. The predicted molar refractivity (Wildman–Crippen MR) is 52.6 cm³/mol. The quantitative estimate of drug-likeness (QED) is 0.728. The van der Waals surface area contributed by atoms with Crippen molar-refractivity contribution in [3.63, 3.8) is 0 Å². The van der Waals surface area contributed by atoms with Gasteiger partial charge in [0.15, 0.2) is 0 Å². The molecule has 0 saturated carbocycles. The average Bonchev–Trinajstić information content (AvgIpc) is 2.36. The smallest absolute Gasteiger partial charge is 0.261 e. The summed E-state index contributed by atoms with van der Waals surface area (Å²) in [6, 6.07) is 4.02. The van der Waals surface area contributed by atoms with Crippen LogP contribution in [0.3, 0.4) is 0 Å². The molecule has 1 aromatic rings. The Kier molecular flexibility index (Phi) is 5.89. The van der Waals surface area contributed by atoms with Gasteiger partial charge < -0.3 is 5.11 Å². The number of aliphatic hydroxyl groups is 1. The topological polar surface area (TPSA) is 74.6 Å². The summed E-state index contributed by atoms with van der Waals surface area (Å²) in [7, 11) is -3.67. The van der Waals surface area contributed by atoms with Gasteiger partial charge in [-0.2, -0.15) is 8.42 Å². The molecule has 6 heteroatoms. The molecule has 1 heterocycles. The Hall–Kier alpha value is -0.430. The van der Waals surface area contributed by atoms with Crippen LogP contribution in [0.15, 0.2) is 17.5 Å². The van der Waals surface area contributed by atoms with Crippen molar-refractivity contribution in [3.05, 3.63) is 22.4 Å². The molecule has 0 saturated heterocycles. The van der Waals surface area contributed by atoms with E-state index in [0.717, 1.165) is 6.42 Å². The molecule has 0 aliphatic carbocycles. The second-order valence-electron chi connectivity index (χ2n) is 2.29. The number of thiophene rings is 1. The first-order valence-corrected chi connectivity index (χ1v) is 6.22. The molecule has 0 aliphatic rings. The summed E-state index contributed by atoms with van der Waals surface area (Å²) >= 11 is 1.69. The van der Waals surface area contributed by atoms with Gasteiger partial charge in [0, 0.05) is 17.9 Å². The number of hydrogen-bond donors (Lipinski definition) is 2. The van der Waals surface area contributed by atoms with E-state index in [1.54, 1.807) is 11.3 Å². The molecule has 0 atom stereocenters. The molecule has 1 rings (SSSR count). The Bertz CT molecular complexity index is 293. The van der Waals surface area contributed by atoms with Gasteiger partial charge in [-0.05, 0) is 11.4 Å². The van der Waals surface area contributed by atoms with Gasteiger partial charge in [-0.1, -0.05) is 6.07 Å². The standard InChI is InChI=1S/C6H8OS.CH4O3S/c7-4-3-6-2-1-5-8-6;1-5(2,3)4/h1-2,5,7H,3-4H2;1H3,(H,2,3,4). The third-order valence-corrected chi connectivity index (χ3v) is 1.87.